The van der Waals surface area contributed by atoms with Crippen molar-refractivity contribution in [1.29, 1.82) is 0 Å². The van der Waals surface area contributed by atoms with Crippen LogP contribution in [0.4, 0.5) is 0 Å². The Bertz CT molecular complexity index is 584. The molecule has 2 unspecified atom stereocenters. The zero-order valence-electron chi connectivity index (χ0n) is 14.1. The van der Waals surface area contributed by atoms with Crippen LogP contribution in [0.15, 0.2) is 54.3 Å². The molecule has 5 nitrogen and oxygen atoms in total. The van der Waals surface area contributed by atoms with Crippen LogP contribution in [-0.4, -0.2) is 18.0 Å². The molecule has 2 N–H and O–H groups in total. The van der Waals surface area contributed by atoms with Crippen molar-refractivity contribution in [3.63, 3.8) is 0 Å². The Morgan fingerprint density at radius 1 is 1.21 bits per heavy atom. The molecule has 0 aromatic heterocycles. The van der Waals surface area contributed by atoms with Gasteiger partial charge in [-0.1, -0.05) is 43.3 Å². The topological polar surface area (TPSA) is 78.6 Å². The average molecular weight is 354 g/mol. The third-order valence-corrected chi connectivity index (χ3v) is 3.24. The molecule has 0 bridgehead atoms. The lowest BCUT2D eigenvalue weighted by atomic mass is 10.0. The number of rotatable bonds is 7. The molecule has 0 saturated heterocycles. The molecule has 0 fully saturated rings. The van der Waals surface area contributed by atoms with Crippen LogP contribution in [0.1, 0.15) is 26.3 Å². The molecule has 24 heavy (non-hydrogen) atoms. The van der Waals surface area contributed by atoms with Crippen molar-refractivity contribution < 1.29 is 19.1 Å². The molecule has 1 rings (SSSR count). The lowest BCUT2D eigenvalue weighted by molar-refractivity contribution is -0.143. The molecular weight excluding hydrogens is 330 g/mol. The van der Waals surface area contributed by atoms with Gasteiger partial charge in [-0.25, -0.2) is 9.59 Å². The number of esters is 2. The Hall–Kier alpha value is -2.27. The van der Waals surface area contributed by atoms with E-state index in [1.165, 1.54) is 6.08 Å². The normalized spacial score (nSPS) is 13.7. The molecular formula is C18H24ClNO4. The van der Waals surface area contributed by atoms with Crippen LogP contribution in [0.25, 0.3) is 0 Å². The quantitative estimate of drug-likeness (QED) is 0.601. The minimum absolute atomic E-state index is 0. The molecule has 1 aromatic carbocycles. The molecule has 0 radical (unpaired) electrons. The van der Waals surface area contributed by atoms with Crippen molar-refractivity contribution in [3.8, 4) is 0 Å². The number of carbonyl (C=O) groups excluding carboxylic acids is 2. The number of allylic oxidation sites excluding steroid dienone is 1. The van der Waals surface area contributed by atoms with E-state index in [4.69, 9.17) is 15.2 Å². The standard InChI is InChI=1S/C18H23NO4.ClH/c1-4-8-17(20)23-14(3)13(2)11-16(19)18(21)22-12-15-9-6-5-7-10-15;/h4-11,13-14H,12,19H2,1-3H3;1H. The number of hydrogen-bond acceptors (Lipinski definition) is 5. The van der Waals surface area contributed by atoms with Crippen LogP contribution in [-0.2, 0) is 25.7 Å². The van der Waals surface area contributed by atoms with Crippen molar-refractivity contribution in [2.24, 2.45) is 11.7 Å². The lowest BCUT2D eigenvalue weighted by Gasteiger charge is -2.17. The highest BCUT2D eigenvalue weighted by Gasteiger charge is 2.16. The molecule has 0 saturated carbocycles. The van der Waals surface area contributed by atoms with Gasteiger partial charge in [-0.05, 0) is 25.5 Å². The second-order valence-corrected chi connectivity index (χ2v) is 5.18. The molecule has 132 valence electrons. The summed E-state index contributed by atoms with van der Waals surface area (Å²) in [5.74, 6) is -1.23. The summed E-state index contributed by atoms with van der Waals surface area (Å²) in [6.45, 7) is 5.44. The Kier molecular flexibility index (Phi) is 10.2. The summed E-state index contributed by atoms with van der Waals surface area (Å²) in [5, 5.41) is 0. The molecule has 0 aliphatic heterocycles. The zero-order valence-corrected chi connectivity index (χ0v) is 14.9. The molecule has 0 aliphatic carbocycles. The monoisotopic (exact) mass is 353 g/mol. The van der Waals surface area contributed by atoms with Gasteiger partial charge in [0.05, 0.1) is 0 Å². The summed E-state index contributed by atoms with van der Waals surface area (Å²) in [6, 6.07) is 9.34. The number of halogens is 1. The molecule has 2 atom stereocenters. The lowest BCUT2D eigenvalue weighted by Crippen LogP contribution is -2.23. The van der Waals surface area contributed by atoms with E-state index in [1.54, 1.807) is 26.0 Å². The van der Waals surface area contributed by atoms with Gasteiger partial charge in [-0.15, -0.1) is 12.4 Å². The summed E-state index contributed by atoms with van der Waals surface area (Å²) in [7, 11) is 0. The number of nitrogens with two attached hydrogens (primary N) is 1. The van der Waals surface area contributed by atoms with Crippen LogP contribution >= 0.6 is 12.4 Å². The largest absolute Gasteiger partial charge is 0.459 e. The van der Waals surface area contributed by atoms with Gasteiger partial charge in [0.1, 0.15) is 18.4 Å². The van der Waals surface area contributed by atoms with E-state index in [0.717, 1.165) is 5.56 Å². The maximum Gasteiger partial charge on any atom is 0.354 e. The predicted molar refractivity (Wildman–Crippen MR) is 95.3 cm³/mol. The highest BCUT2D eigenvalue weighted by atomic mass is 35.5. The van der Waals surface area contributed by atoms with E-state index in [1.807, 2.05) is 37.3 Å². The zero-order chi connectivity index (χ0) is 17.2. The Morgan fingerprint density at radius 2 is 1.83 bits per heavy atom. The molecule has 0 amide bonds. The fourth-order valence-electron chi connectivity index (χ4n) is 1.76. The summed E-state index contributed by atoms with van der Waals surface area (Å²) in [6.07, 6.45) is 4.08. The van der Waals surface area contributed by atoms with Crippen LogP contribution < -0.4 is 5.73 Å². The van der Waals surface area contributed by atoms with E-state index < -0.39 is 18.0 Å². The first-order valence-electron chi connectivity index (χ1n) is 7.45. The first kappa shape index (κ1) is 21.7. The van der Waals surface area contributed by atoms with E-state index >= 15 is 0 Å². The van der Waals surface area contributed by atoms with Gasteiger partial charge in [-0.3, -0.25) is 0 Å². The summed E-state index contributed by atoms with van der Waals surface area (Å²) in [4.78, 5) is 23.2. The van der Waals surface area contributed by atoms with Gasteiger partial charge in [-0.2, -0.15) is 0 Å². The van der Waals surface area contributed by atoms with Crippen LogP contribution in [0.2, 0.25) is 0 Å². The second-order valence-electron chi connectivity index (χ2n) is 5.18. The fourth-order valence-corrected chi connectivity index (χ4v) is 1.76. The van der Waals surface area contributed by atoms with E-state index in [9.17, 15) is 9.59 Å². The second kappa shape index (κ2) is 11.3. The van der Waals surface area contributed by atoms with Crippen molar-refractivity contribution in [3.05, 3.63) is 59.8 Å². The van der Waals surface area contributed by atoms with Crippen molar-refractivity contribution in [2.45, 2.75) is 33.5 Å². The van der Waals surface area contributed by atoms with Gasteiger partial charge in [0.2, 0.25) is 0 Å². The predicted octanol–water partition coefficient (Wildman–Crippen LogP) is 3.14. The SMILES string of the molecule is CC=CC(=O)OC(C)C(C)C=C(N)C(=O)OCc1ccccc1.Cl. The highest BCUT2D eigenvalue weighted by Crippen LogP contribution is 2.11. The third kappa shape index (κ3) is 7.83. The third-order valence-electron chi connectivity index (χ3n) is 3.24. The van der Waals surface area contributed by atoms with Crippen LogP contribution in [0.5, 0.6) is 0 Å². The first-order chi connectivity index (χ1) is 10.9. The molecule has 6 heteroatoms. The first-order valence-corrected chi connectivity index (χ1v) is 7.45. The van der Waals surface area contributed by atoms with Gasteiger partial charge >= 0.3 is 11.9 Å². The number of ether oxygens (including phenoxy) is 2. The number of carbonyl (C=O) groups is 2. The maximum atomic E-state index is 11.9. The van der Waals surface area contributed by atoms with E-state index in [0.29, 0.717) is 0 Å². The molecule has 0 aliphatic rings. The van der Waals surface area contributed by atoms with E-state index in [2.05, 4.69) is 0 Å². The van der Waals surface area contributed by atoms with Gasteiger partial charge < -0.3 is 15.2 Å². The Morgan fingerprint density at radius 3 is 2.42 bits per heavy atom. The number of hydrogen-bond donors (Lipinski definition) is 1. The average Bonchev–Trinajstić information content (AvgIpc) is 2.53. The van der Waals surface area contributed by atoms with Crippen molar-refractivity contribution >= 4 is 24.3 Å². The van der Waals surface area contributed by atoms with Gasteiger partial charge in [0.25, 0.3) is 0 Å². The van der Waals surface area contributed by atoms with E-state index in [-0.39, 0.29) is 30.6 Å². The smallest absolute Gasteiger partial charge is 0.354 e. The van der Waals surface area contributed by atoms with Crippen LogP contribution in [0, 0.1) is 5.92 Å². The van der Waals surface area contributed by atoms with Crippen molar-refractivity contribution in [2.75, 3.05) is 0 Å². The minimum atomic E-state index is -0.590. The highest BCUT2D eigenvalue weighted by molar-refractivity contribution is 5.87. The number of benzene rings is 1. The Balaban J connectivity index is 0.00000529. The summed E-state index contributed by atoms with van der Waals surface area (Å²) < 4.78 is 10.3. The molecule has 0 spiro atoms. The molecule has 1 aromatic rings. The summed E-state index contributed by atoms with van der Waals surface area (Å²) >= 11 is 0. The van der Waals surface area contributed by atoms with Crippen molar-refractivity contribution in [1.82, 2.24) is 0 Å². The minimum Gasteiger partial charge on any atom is -0.459 e. The molecule has 0 heterocycles. The van der Waals surface area contributed by atoms with Gasteiger partial charge in [0, 0.05) is 12.0 Å². The Labute approximate surface area is 148 Å². The fraction of sp³-hybridized carbons (Fsp3) is 0.333. The maximum absolute atomic E-state index is 11.9. The van der Waals surface area contributed by atoms with Crippen LogP contribution in [0.3, 0.4) is 0 Å². The van der Waals surface area contributed by atoms with Gasteiger partial charge in [0.15, 0.2) is 0 Å². The summed E-state index contributed by atoms with van der Waals surface area (Å²) in [5.41, 5.74) is 6.63.